The first kappa shape index (κ1) is 16.9. The summed E-state index contributed by atoms with van der Waals surface area (Å²) in [6.07, 6.45) is 0. The maximum Gasteiger partial charge on any atom is 0.254 e. The first-order chi connectivity index (χ1) is 10.2. The Bertz CT molecular complexity index is 712. The van der Waals surface area contributed by atoms with Crippen LogP contribution in [0.25, 0.3) is 10.9 Å². The SMILES string of the molecule is Cc1cc(C(=O)N(C)CC(C)(C)CN)c2cc(Br)ccc2n1. The number of halogens is 1. The van der Waals surface area contributed by atoms with E-state index in [9.17, 15) is 4.79 Å². The van der Waals surface area contributed by atoms with Crippen LogP contribution in [0.5, 0.6) is 0 Å². The van der Waals surface area contributed by atoms with E-state index in [1.165, 1.54) is 0 Å². The molecule has 2 aromatic rings. The number of hydrogen-bond acceptors (Lipinski definition) is 3. The number of carbonyl (C=O) groups excluding carboxylic acids is 1. The van der Waals surface area contributed by atoms with Crippen LogP contribution in [0.4, 0.5) is 0 Å². The highest BCUT2D eigenvalue weighted by Gasteiger charge is 2.23. The fourth-order valence-electron chi connectivity index (χ4n) is 2.49. The Morgan fingerprint density at radius 3 is 2.68 bits per heavy atom. The third-order valence-corrected chi connectivity index (χ3v) is 4.19. The Kier molecular flexibility index (Phi) is 4.87. The van der Waals surface area contributed by atoms with Gasteiger partial charge in [-0.1, -0.05) is 29.8 Å². The molecule has 0 atom stereocenters. The highest BCUT2D eigenvalue weighted by molar-refractivity contribution is 9.10. The van der Waals surface area contributed by atoms with E-state index in [2.05, 4.69) is 34.8 Å². The molecule has 0 saturated carbocycles. The highest BCUT2D eigenvalue weighted by atomic mass is 79.9. The van der Waals surface area contributed by atoms with E-state index in [0.717, 1.165) is 21.1 Å². The lowest BCUT2D eigenvalue weighted by molar-refractivity contribution is 0.0742. The molecule has 2 rings (SSSR count). The van der Waals surface area contributed by atoms with Crippen molar-refractivity contribution in [3.63, 3.8) is 0 Å². The van der Waals surface area contributed by atoms with Crippen molar-refractivity contribution >= 4 is 32.7 Å². The first-order valence-electron chi connectivity index (χ1n) is 7.26. The number of nitrogens with two attached hydrogens (primary N) is 1. The fraction of sp³-hybridized carbons (Fsp3) is 0.412. The number of rotatable bonds is 4. The van der Waals surface area contributed by atoms with Gasteiger partial charge in [-0.2, -0.15) is 0 Å². The highest BCUT2D eigenvalue weighted by Crippen LogP contribution is 2.24. The van der Waals surface area contributed by atoms with E-state index in [1.807, 2.05) is 38.2 Å². The van der Waals surface area contributed by atoms with Crippen molar-refractivity contribution in [2.24, 2.45) is 11.1 Å². The van der Waals surface area contributed by atoms with Gasteiger partial charge in [-0.3, -0.25) is 9.78 Å². The number of fused-ring (bicyclic) bond motifs is 1. The number of aromatic nitrogens is 1. The van der Waals surface area contributed by atoms with Gasteiger partial charge in [0.1, 0.15) is 0 Å². The van der Waals surface area contributed by atoms with E-state index < -0.39 is 0 Å². The van der Waals surface area contributed by atoms with Gasteiger partial charge in [-0.25, -0.2) is 0 Å². The zero-order valence-electron chi connectivity index (χ0n) is 13.5. The molecule has 0 fully saturated rings. The second-order valence-corrected chi connectivity index (χ2v) is 7.42. The third-order valence-electron chi connectivity index (χ3n) is 3.69. The molecule has 1 amide bonds. The molecule has 22 heavy (non-hydrogen) atoms. The van der Waals surface area contributed by atoms with Gasteiger partial charge in [0.15, 0.2) is 0 Å². The lowest BCUT2D eigenvalue weighted by Gasteiger charge is -2.29. The minimum atomic E-state index is -0.108. The fourth-order valence-corrected chi connectivity index (χ4v) is 2.85. The molecule has 2 N–H and O–H groups in total. The van der Waals surface area contributed by atoms with E-state index in [0.29, 0.717) is 18.7 Å². The van der Waals surface area contributed by atoms with E-state index in [1.54, 1.807) is 4.90 Å². The smallest absolute Gasteiger partial charge is 0.254 e. The number of hydrogen-bond donors (Lipinski definition) is 1. The number of amides is 1. The maximum atomic E-state index is 12.9. The normalized spacial score (nSPS) is 11.7. The minimum Gasteiger partial charge on any atom is -0.341 e. The Morgan fingerprint density at radius 2 is 2.05 bits per heavy atom. The molecule has 1 aromatic carbocycles. The molecule has 4 nitrogen and oxygen atoms in total. The summed E-state index contributed by atoms with van der Waals surface area (Å²) in [5.41, 5.74) is 8.01. The summed E-state index contributed by atoms with van der Waals surface area (Å²) in [6.45, 7) is 7.17. The molecule has 0 aliphatic heterocycles. The van der Waals surface area contributed by atoms with Crippen LogP contribution in [0.3, 0.4) is 0 Å². The Balaban J connectivity index is 2.45. The lowest BCUT2D eigenvalue weighted by atomic mass is 9.93. The predicted octanol–water partition coefficient (Wildman–Crippen LogP) is 3.36. The van der Waals surface area contributed by atoms with Crippen molar-refractivity contribution in [2.75, 3.05) is 20.1 Å². The van der Waals surface area contributed by atoms with Crippen molar-refractivity contribution < 1.29 is 4.79 Å². The predicted molar refractivity (Wildman–Crippen MR) is 94.0 cm³/mol. The van der Waals surface area contributed by atoms with Gasteiger partial charge in [0, 0.05) is 29.1 Å². The number of benzene rings is 1. The van der Waals surface area contributed by atoms with Crippen molar-refractivity contribution in [3.8, 4) is 0 Å². The second-order valence-electron chi connectivity index (χ2n) is 6.50. The van der Waals surface area contributed by atoms with Crippen LogP contribution < -0.4 is 5.73 Å². The van der Waals surface area contributed by atoms with Crippen LogP contribution in [-0.4, -0.2) is 35.9 Å². The zero-order chi connectivity index (χ0) is 16.5. The second kappa shape index (κ2) is 6.34. The lowest BCUT2D eigenvalue weighted by Crippen LogP contribution is -2.39. The van der Waals surface area contributed by atoms with E-state index >= 15 is 0 Å². The molecule has 0 unspecified atom stereocenters. The number of nitrogens with zero attached hydrogens (tertiary/aromatic N) is 2. The average Bonchev–Trinajstić information content (AvgIpc) is 2.45. The van der Waals surface area contributed by atoms with Crippen LogP contribution in [-0.2, 0) is 0 Å². The van der Waals surface area contributed by atoms with E-state index in [-0.39, 0.29) is 11.3 Å². The summed E-state index contributed by atoms with van der Waals surface area (Å²) in [5, 5.41) is 0.863. The minimum absolute atomic E-state index is 0.00451. The molecule has 1 heterocycles. The summed E-state index contributed by atoms with van der Waals surface area (Å²) < 4.78 is 0.935. The Morgan fingerprint density at radius 1 is 1.36 bits per heavy atom. The molecule has 0 bridgehead atoms. The molecule has 0 radical (unpaired) electrons. The van der Waals surface area contributed by atoms with Crippen LogP contribution in [0.15, 0.2) is 28.7 Å². The molecule has 0 aliphatic carbocycles. The number of carbonyl (C=O) groups is 1. The van der Waals surface area contributed by atoms with Crippen molar-refractivity contribution in [2.45, 2.75) is 20.8 Å². The van der Waals surface area contributed by atoms with Gasteiger partial charge in [0.2, 0.25) is 0 Å². The van der Waals surface area contributed by atoms with Gasteiger partial charge >= 0.3 is 0 Å². The Hall–Kier alpha value is -1.46. The maximum absolute atomic E-state index is 12.9. The average molecular weight is 364 g/mol. The number of aryl methyl sites for hydroxylation is 1. The molecular weight excluding hydrogens is 342 g/mol. The van der Waals surface area contributed by atoms with Crippen LogP contribution in [0, 0.1) is 12.3 Å². The summed E-state index contributed by atoms with van der Waals surface area (Å²) in [4.78, 5) is 19.1. The summed E-state index contributed by atoms with van der Waals surface area (Å²) in [6, 6.07) is 7.65. The summed E-state index contributed by atoms with van der Waals surface area (Å²) in [7, 11) is 1.82. The Labute approximate surface area is 139 Å². The summed E-state index contributed by atoms with van der Waals surface area (Å²) in [5.74, 6) is -0.00451. The monoisotopic (exact) mass is 363 g/mol. The van der Waals surface area contributed by atoms with Gasteiger partial charge < -0.3 is 10.6 Å². The van der Waals surface area contributed by atoms with Gasteiger partial charge in [0.25, 0.3) is 5.91 Å². The zero-order valence-corrected chi connectivity index (χ0v) is 15.1. The van der Waals surface area contributed by atoms with Gasteiger partial charge in [-0.05, 0) is 43.1 Å². The van der Waals surface area contributed by atoms with Crippen molar-refractivity contribution in [1.29, 1.82) is 0 Å². The molecule has 5 heteroatoms. The molecule has 0 spiro atoms. The standard InChI is InChI=1S/C17H22BrN3O/c1-11-7-14(13-8-12(18)5-6-15(13)20-11)16(22)21(4)10-17(2,3)9-19/h5-8H,9-10,19H2,1-4H3. The van der Waals surface area contributed by atoms with Crippen molar-refractivity contribution in [1.82, 2.24) is 9.88 Å². The molecule has 0 aliphatic rings. The number of pyridine rings is 1. The summed E-state index contributed by atoms with van der Waals surface area (Å²) >= 11 is 3.46. The third kappa shape index (κ3) is 3.65. The molecular formula is C17H22BrN3O. The quantitative estimate of drug-likeness (QED) is 0.905. The topological polar surface area (TPSA) is 59.2 Å². The molecule has 118 valence electrons. The van der Waals surface area contributed by atoms with Crippen molar-refractivity contribution in [3.05, 3.63) is 40.0 Å². The largest absolute Gasteiger partial charge is 0.341 e. The van der Waals surface area contributed by atoms with Crippen LogP contribution in [0.1, 0.15) is 29.9 Å². The first-order valence-corrected chi connectivity index (χ1v) is 8.05. The molecule has 0 saturated heterocycles. The van der Waals surface area contributed by atoms with Gasteiger partial charge in [-0.15, -0.1) is 0 Å². The van der Waals surface area contributed by atoms with Gasteiger partial charge in [0.05, 0.1) is 11.1 Å². The van der Waals surface area contributed by atoms with Crippen LogP contribution >= 0.6 is 15.9 Å². The molecule has 1 aromatic heterocycles. The van der Waals surface area contributed by atoms with E-state index in [4.69, 9.17) is 5.73 Å². The van der Waals surface area contributed by atoms with Crippen LogP contribution in [0.2, 0.25) is 0 Å².